The number of carbonyl (C=O) groups is 1. The van der Waals surface area contributed by atoms with E-state index in [9.17, 15) is 4.79 Å². The molecule has 2 aliphatic heterocycles. The zero-order valence-electron chi connectivity index (χ0n) is 8.54. The topological polar surface area (TPSA) is 33.2 Å². The van der Waals surface area contributed by atoms with E-state index < -0.39 is 0 Å². The summed E-state index contributed by atoms with van der Waals surface area (Å²) in [6.07, 6.45) is 7.51. The standard InChI is InChI=1S/C12H10N2OS/c15-11-10(8-9-4-1-2-5-13-9)12-14(11)6-3-7-16-12/h1-6,8,12H,7H2/b10-8+. The van der Waals surface area contributed by atoms with Crippen LogP contribution in [-0.2, 0) is 4.79 Å². The maximum Gasteiger partial charge on any atom is 0.258 e. The molecule has 1 unspecified atom stereocenters. The zero-order valence-corrected chi connectivity index (χ0v) is 9.35. The van der Waals surface area contributed by atoms with Crippen molar-refractivity contribution in [1.29, 1.82) is 0 Å². The molecule has 2 aliphatic rings. The second-order valence-electron chi connectivity index (χ2n) is 3.64. The van der Waals surface area contributed by atoms with Gasteiger partial charge in [0.1, 0.15) is 5.37 Å². The molecular weight excluding hydrogens is 220 g/mol. The van der Waals surface area contributed by atoms with E-state index in [-0.39, 0.29) is 11.3 Å². The molecule has 0 bridgehead atoms. The molecule has 3 rings (SSSR count). The Hall–Kier alpha value is -1.55. The molecule has 0 spiro atoms. The molecule has 0 radical (unpaired) electrons. The second kappa shape index (κ2) is 3.79. The molecule has 0 saturated carbocycles. The number of aromatic nitrogens is 1. The van der Waals surface area contributed by atoms with E-state index in [1.54, 1.807) is 22.9 Å². The minimum absolute atomic E-state index is 0.0964. The predicted octanol–water partition coefficient (Wildman–Crippen LogP) is 1.89. The first-order valence-electron chi connectivity index (χ1n) is 5.10. The van der Waals surface area contributed by atoms with Crippen molar-refractivity contribution in [3.63, 3.8) is 0 Å². The summed E-state index contributed by atoms with van der Waals surface area (Å²) in [5.41, 5.74) is 1.70. The Bertz CT molecular complexity index is 481. The van der Waals surface area contributed by atoms with Crippen molar-refractivity contribution in [1.82, 2.24) is 9.88 Å². The molecule has 80 valence electrons. The van der Waals surface area contributed by atoms with Crippen LogP contribution in [-0.4, -0.2) is 26.9 Å². The van der Waals surface area contributed by atoms with Crippen LogP contribution in [0.15, 0.2) is 42.2 Å². The van der Waals surface area contributed by atoms with Crippen LogP contribution < -0.4 is 0 Å². The summed E-state index contributed by atoms with van der Waals surface area (Å²) in [5.74, 6) is 1.06. The number of amides is 1. The van der Waals surface area contributed by atoms with E-state index in [0.717, 1.165) is 17.0 Å². The molecule has 0 aromatic carbocycles. The van der Waals surface area contributed by atoms with Gasteiger partial charge >= 0.3 is 0 Å². The number of pyridine rings is 1. The van der Waals surface area contributed by atoms with Gasteiger partial charge in [-0.05, 0) is 18.2 Å². The van der Waals surface area contributed by atoms with Crippen LogP contribution in [0.5, 0.6) is 0 Å². The van der Waals surface area contributed by atoms with Gasteiger partial charge < -0.3 is 0 Å². The molecule has 3 heterocycles. The number of hydrogen-bond acceptors (Lipinski definition) is 3. The number of hydrogen-bond donors (Lipinski definition) is 0. The Labute approximate surface area is 97.9 Å². The molecule has 1 aromatic heterocycles. The van der Waals surface area contributed by atoms with Crippen molar-refractivity contribution in [2.75, 3.05) is 5.75 Å². The molecule has 4 heteroatoms. The van der Waals surface area contributed by atoms with Gasteiger partial charge in [-0.3, -0.25) is 14.7 Å². The minimum Gasteiger partial charge on any atom is -0.299 e. The van der Waals surface area contributed by atoms with Gasteiger partial charge in [-0.15, -0.1) is 11.8 Å². The Kier molecular flexibility index (Phi) is 2.29. The average Bonchev–Trinajstić information content (AvgIpc) is 2.37. The molecule has 1 fully saturated rings. The molecule has 1 aromatic rings. The molecule has 1 saturated heterocycles. The summed E-state index contributed by atoms with van der Waals surface area (Å²) >= 11 is 1.77. The van der Waals surface area contributed by atoms with Gasteiger partial charge in [0.15, 0.2) is 0 Å². The monoisotopic (exact) mass is 230 g/mol. The largest absolute Gasteiger partial charge is 0.299 e. The van der Waals surface area contributed by atoms with Gasteiger partial charge in [-0.1, -0.05) is 12.1 Å². The fraction of sp³-hybridized carbons (Fsp3) is 0.167. The quantitative estimate of drug-likeness (QED) is 0.545. The average molecular weight is 230 g/mol. The number of carbonyl (C=O) groups excluding carboxylic acids is 1. The summed E-state index contributed by atoms with van der Waals surface area (Å²) in [4.78, 5) is 17.7. The summed E-state index contributed by atoms with van der Waals surface area (Å²) in [6.45, 7) is 0. The van der Waals surface area contributed by atoms with E-state index in [4.69, 9.17) is 0 Å². The van der Waals surface area contributed by atoms with Crippen LogP contribution in [0.2, 0.25) is 0 Å². The van der Waals surface area contributed by atoms with Gasteiger partial charge in [-0.25, -0.2) is 0 Å². The summed E-state index contributed by atoms with van der Waals surface area (Å²) < 4.78 is 0. The highest BCUT2D eigenvalue weighted by Gasteiger charge is 2.42. The molecule has 0 N–H and O–H groups in total. The van der Waals surface area contributed by atoms with Crippen LogP contribution in [0.3, 0.4) is 0 Å². The lowest BCUT2D eigenvalue weighted by molar-refractivity contribution is -0.130. The van der Waals surface area contributed by atoms with E-state index >= 15 is 0 Å². The van der Waals surface area contributed by atoms with E-state index in [0.29, 0.717) is 0 Å². The Balaban J connectivity index is 1.90. The zero-order chi connectivity index (χ0) is 11.0. The van der Waals surface area contributed by atoms with Gasteiger partial charge in [0.25, 0.3) is 5.91 Å². The molecule has 1 atom stereocenters. The van der Waals surface area contributed by atoms with Crippen molar-refractivity contribution in [2.45, 2.75) is 5.37 Å². The minimum atomic E-state index is 0.0964. The molecular formula is C12H10N2OS. The normalized spacial score (nSPS) is 25.5. The summed E-state index contributed by atoms with van der Waals surface area (Å²) in [5, 5.41) is 0.194. The first-order valence-corrected chi connectivity index (χ1v) is 6.15. The third-order valence-corrected chi connectivity index (χ3v) is 3.79. The van der Waals surface area contributed by atoms with Crippen molar-refractivity contribution in [3.8, 4) is 0 Å². The lowest BCUT2D eigenvalue weighted by atomic mass is 10.1. The third kappa shape index (κ3) is 1.46. The lowest BCUT2D eigenvalue weighted by Gasteiger charge is -2.41. The highest BCUT2D eigenvalue weighted by molar-refractivity contribution is 8.00. The van der Waals surface area contributed by atoms with Crippen molar-refractivity contribution < 1.29 is 4.79 Å². The first kappa shape index (κ1) is 9.66. The Morgan fingerprint density at radius 1 is 1.50 bits per heavy atom. The van der Waals surface area contributed by atoms with E-state index in [2.05, 4.69) is 4.98 Å². The summed E-state index contributed by atoms with van der Waals surface area (Å²) in [7, 11) is 0. The molecule has 3 nitrogen and oxygen atoms in total. The number of β-lactam (4-membered cyclic amide) rings is 1. The van der Waals surface area contributed by atoms with Gasteiger partial charge in [0.2, 0.25) is 0 Å². The van der Waals surface area contributed by atoms with Crippen LogP contribution in [0.25, 0.3) is 6.08 Å². The highest BCUT2D eigenvalue weighted by Crippen LogP contribution is 2.38. The Morgan fingerprint density at radius 2 is 2.44 bits per heavy atom. The maximum absolute atomic E-state index is 11.8. The third-order valence-electron chi connectivity index (χ3n) is 2.61. The van der Waals surface area contributed by atoms with E-state index in [1.807, 2.05) is 36.6 Å². The molecule has 1 amide bonds. The van der Waals surface area contributed by atoms with Crippen molar-refractivity contribution >= 4 is 23.7 Å². The number of rotatable bonds is 1. The fourth-order valence-electron chi connectivity index (χ4n) is 1.82. The number of nitrogens with zero attached hydrogens (tertiary/aromatic N) is 2. The van der Waals surface area contributed by atoms with Crippen LogP contribution in [0.4, 0.5) is 0 Å². The van der Waals surface area contributed by atoms with Gasteiger partial charge in [0.05, 0.1) is 11.3 Å². The number of thioether (sulfide) groups is 1. The van der Waals surface area contributed by atoms with Gasteiger partial charge in [-0.2, -0.15) is 0 Å². The lowest BCUT2D eigenvalue weighted by Crippen LogP contribution is -2.51. The number of fused-ring (bicyclic) bond motifs is 1. The highest BCUT2D eigenvalue weighted by atomic mass is 32.2. The van der Waals surface area contributed by atoms with Crippen molar-refractivity contribution in [3.05, 3.63) is 47.9 Å². The summed E-state index contributed by atoms with van der Waals surface area (Å²) in [6, 6.07) is 5.70. The molecule has 16 heavy (non-hydrogen) atoms. The maximum atomic E-state index is 11.8. The first-order chi connectivity index (χ1) is 7.86. The van der Waals surface area contributed by atoms with Crippen LogP contribution in [0.1, 0.15) is 5.69 Å². The van der Waals surface area contributed by atoms with E-state index in [1.165, 1.54) is 0 Å². The fourth-order valence-corrected chi connectivity index (χ4v) is 2.87. The second-order valence-corrected chi connectivity index (χ2v) is 4.75. The molecule has 0 aliphatic carbocycles. The smallest absolute Gasteiger partial charge is 0.258 e. The van der Waals surface area contributed by atoms with Gasteiger partial charge in [0, 0.05) is 18.1 Å². The van der Waals surface area contributed by atoms with Crippen LogP contribution in [0, 0.1) is 0 Å². The SMILES string of the molecule is O=C1/C(=C\c2ccccn2)C2SCC=CN12. The van der Waals surface area contributed by atoms with Crippen LogP contribution >= 0.6 is 11.8 Å². The van der Waals surface area contributed by atoms with Crippen molar-refractivity contribution in [2.24, 2.45) is 0 Å². The predicted molar refractivity (Wildman–Crippen MR) is 64.4 cm³/mol. The Morgan fingerprint density at radius 3 is 3.25 bits per heavy atom.